The zero-order valence-electron chi connectivity index (χ0n) is 11.6. The Kier molecular flexibility index (Phi) is 3.46. The average molecular weight is 275 g/mol. The van der Waals surface area contributed by atoms with Crippen molar-refractivity contribution in [1.29, 1.82) is 0 Å². The van der Waals surface area contributed by atoms with Gasteiger partial charge >= 0.3 is 5.97 Å². The van der Waals surface area contributed by atoms with Gasteiger partial charge < -0.3 is 19.2 Å². The van der Waals surface area contributed by atoms with Crippen LogP contribution in [0.1, 0.15) is 34.8 Å². The van der Waals surface area contributed by atoms with E-state index in [9.17, 15) is 4.79 Å². The smallest absolute Gasteiger partial charge is 0.354 e. The molecule has 1 aliphatic rings. The van der Waals surface area contributed by atoms with Gasteiger partial charge in [-0.25, -0.2) is 4.79 Å². The molecule has 0 radical (unpaired) electrons. The van der Waals surface area contributed by atoms with Crippen molar-refractivity contribution in [3.63, 3.8) is 0 Å². The number of aromatic amines is 1. The summed E-state index contributed by atoms with van der Waals surface area (Å²) in [5, 5.41) is 0.990. The first kappa shape index (κ1) is 13.1. The van der Waals surface area contributed by atoms with Crippen molar-refractivity contribution in [2.24, 2.45) is 0 Å². The van der Waals surface area contributed by atoms with Crippen LogP contribution in [0.5, 0.6) is 0 Å². The Balaban J connectivity index is 2.01. The fourth-order valence-electron chi connectivity index (χ4n) is 2.48. The third-order valence-corrected chi connectivity index (χ3v) is 3.49. The van der Waals surface area contributed by atoms with Crippen LogP contribution in [0.2, 0.25) is 0 Å². The van der Waals surface area contributed by atoms with Crippen molar-refractivity contribution in [2.75, 3.05) is 19.8 Å². The number of nitrogens with one attached hydrogen (secondary N) is 1. The van der Waals surface area contributed by atoms with E-state index in [-0.39, 0.29) is 12.3 Å². The Morgan fingerprint density at radius 1 is 1.40 bits per heavy atom. The summed E-state index contributed by atoms with van der Waals surface area (Å²) in [5.41, 5.74) is 3.44. The van der Waals surface area contributed by atoms with E-state index in [1.165, 1.54) is 0 Å². The number of benzene rings is 1. The largest absolute Gasteiger partial charge is 0.461 e. The van der Waals surface area contributed by atoms with Crippen LogP contribution >= 0.6 is 0 Å². The summed E-state index contributed by atoms with van der Waals surface area (Å²) in [7, 11) is 0. The molecule has 0 unspecified atom stereocenters. The molecule has 3 rings (SSSR count). The molecule has 0 saturated carbocycles. The lowest BCUT2D eigenvalue weighted by Gasteiger charge is -2.12. The van der Waals surface area contributed by atoms with E-state index in [0.717, 1.165) is 22.0 Å². The van der Waals surface area contributed by atoms with Gasteiger partial charge in [0.25, 0.3) is 0 Å². The summed E-state index contributed by atoms with van der Waals surface area (Å²) in [6.45, 7) is 5.39. The Bertz CT molecular complexity index is 641. The van der Waals surface area contributed by atoms with Gasteiger partial charge in [-0.3, -0.25) is 0 Å². The highest BCUT2D eigenvalue weighted by atomic mass is 16.7. The second-order valence-corrected chi connectivity index (χ2v) is 4.72. The first-order valence-corrected chi connectivity index (χ1v) is 6.73. The van der Waals surface area contributed by atoms with Gasteiger partial charge in [0.15, 0.2) is 6.29 Å². The standard InChI is InChI=1S/C15H17NO4/c1-3-18-14(17)13-8-11-9(2)10(4-5-12(11)16-13)15-19-6-7-20-15/h4-5,8,15-16H,3,6-7H2,1-2H3. The lowest BCUT2D eigenvalue weighted by molar-refractivity contribution is -0.0444. The maximum Gasteiger partial charge on any atom is 0.354 e. The minimum absolute atomic E-state index is 0.305. The molecule has 0 aliphatic carbocycles. The van der Waals surface area contributed by atoms with Crippen molar-refractivity contribution in [3.8, 4) is 0 Å². The number of H-pyrrole nitrogens is 1. The summed E-state index contributed by atoms with van der Waals surface area (Å²) in [4.78, 5) is 14.8. The van der Waals surface area contributed by atoms with Gasteiger partial charge in [-0.1, -0.05) is 6.07 Å². The van der Waals surface area contributed by atoms with E-state index in [2.05, 4.69) is 4.98 Å². The molecule has 5 nitrogen and oxygen atoms in total. The first-order valence-electron chi connectivity index (χ1n) is 6.73. The van der Waals surface area contributed by atoms with E-state index in [1.54, 1.807) is 6.92 Å². The molecule has 1 saturated heterocycles. The van der Waals surface area contributed by atoms with Crippen LogP contribution in [0.25, 0.3) is 10.9 Å². The highest BCUT2D eigenvalue weighted by Gasteiger charge is 2.22. The van der Waals surface area contributed by atoms with Crippen LogP contribution in [-0.4, -0.2) is 30.8 Å². The Labute approximate surface area is 116 Å². The molecular formula is C15H17NO4. The molecule has 1 aliphatic heterocycles. The van der Waals surface area contributed by atoms with Crippen LogP contribution < -0.4 is 0 Å². The van der Waals surface area contributed by atoms with Gasteiger partial charge in [0.2, 0.25) is 0 Å². The fourth-order valence-corrected chi connectivity index (χ4v) is 2.48. The van der Waals surface area contributed by atoms with Crippen LogP contribution in [0.15, 0.2) is 18.2 Å². The lowest BCUT2D eigenvalue weighted by atomic mass is 10.0. The second kappa shape index (κ2) is 5.26. The van der Waals surface area contributed by atoms with Crippen LogP contribution in [-0.2, 0) is 14.2 Å². The van der Waals surface area contributed by atoms with E-state index in [4.69, 9.17) is 14.2 Å². The number of rotatable bonds is 3. The monoisotopic (exact) mass is 275 g/mol. The molecule has 0 atom stereocenters. The molecule has 2 heterocycles. The number of carbonyl (C=O) groups excluding carboxylic acids is 1. The third-order valence-electron chi connectivity index (χ3n) is 3.49. The van der Waals surface area contributed by atoms with Gasteiger partial charge in [-0.2, -0.15) is 0 Å². The molecule has 20 heavy (non-hydrogen) atoms. The molecule has 1 aromatic carbocycles. The van der Waals surface area contributed by atoms with Gasteiger partial charge in [-0.05, 0) is 31.5 Å². The normalized spacial score (nSPS) is 15.9. The van der Waals surface area contributed by atoms with E-state index < -0.39 is 0 Å². The number of ether oxygens (including phenoxy) is 3. The van der Waals surface area contributed by atoms with Gasteiger partial charge in [-0.15, -0.1) is 0 Å². The molecule has 0 bridgehead atoms. The van der Waals surface area contributed by atoms with E-state index in [1.807, 2.05) is 25.1 Å². The number of aromatic nitrogens is 1. The number of aryl methyl sites for hydroxylation is 1. The third kappa shape index (κ3) is 2.19. The minimum atomic E-state index is -0.335. The first-order chi connectivity index (χ1) is 9.70. The molecule has 1 N–H and O–H groups in total. The predicted octanol–water partition coefficient (Wildman–Crippen LogP) is 2.70. The number of fused-ring (bicyclic) bond motifs is 1. The second-order valence-electron chi connectivity index (χ2n) is 4.72. The van der Waals surface area contributed by atoms with Crippen LogP contribution in [0.4, 0.5) is 0 Å². The maximum atomic E-state index is 11.8. The molecule has 5 heteroatoms. The summed E-state index contributed by atoms with van der Waals surface area (Å²) >= 11 is 0. The Morgan fingerprint density at radius 2 is 2.15 bits per heavy atom. The van der Waals surface area contributed by atoms with Crippen molar-refractivity contribution in [3.05, 3.63) is 35.0 Å². The quantitative estimate of drug-likeness (QED) is 0.875. The van der Waals surface area contributed by atoms with E-state index in [0.29, 0.717) is 25.5 Å². The molecule has 0 amide bonds. The predicted molar refractivity (Wildman–Crippen MR) is 73.6 cm³/mol. The fraction of sp³-hybridized carbons (Fsp3) is 0.400. The number of esters is 1. The van der Waals surface area contributed by atoms with Crippen molar-refractivity contribution in [1.82, 2.24) is 4.98 Å². The lowest BCUT2D eigenvalue weighted by Crippen LogP contribution is -2.04. The maximum absolute atomic E-state index is 11.8. The summed E-state index contributed by atoms with van der Waals surface area (Å²) in [5.74, 6) is -0.335. The molecular weight excluding hydrogens is 258 g/mol. The summed E-state index contributed by atoms with van der Waals surface area (Å²) < 4.78 is 16.1. The molecule has 1 fully saturated rings. The summed E-state index contributed by atoms with van der Waals surface area (Å²) in [6.07, 6.45) is -0.305. The van der Waals surface area contributed by atoms with Gasteiger partial charge in [0, 0.05) is 16.5 Å². The number of hydrogen-bond acceptors (Lipinski definition) is 4. The van der Waals surface area contributed by atoms with Crippen LogP contribution in [0, 0.1) is 6.92 Å². The number of hydrogen-bond donors (Lipinski definition) is 1. The van der Waals surface area contributed by atoms with Gasteiger partial charge in [0.05, 0.1) is 19.8 Å². The topological polar surface area (TPSA) is 60.6 Å². The van der Waals surface area contributed by atoms with Crippen molar-refractivity contribution >= 4 is 16.9 Å². The van der Waals surface area contributed by atoms with E-state index >= 15 is 0 Å². The summed E-state index contributed by atoms with van der Waals surface area (Å²) in [6, 6.07) is 5.73. The molecule has 0 spiro atoms. The Morgan fingerprint density at radius 3 is 2.85 bits per heavy atom. The van der Waals surface area contributed by atoms with Crippen molar-refractivity contribution < 1.29 is 19.0 Å². The molecule has 1 aromatic heterocycles. The van der Waals surface area contributed by atoms with Gasteiger partial charge in [0.1, 0.15) is 5.69 Å². The zero-order chi connectivity index (χ0) is 14.1. The Hall–Kier alpha value is -1.85. The number of carbonyl (C=O) groups is 1. The minimum Gasteiger partial charge on any atom is -0.461 e. The molecule has 106 valence electrons. The van der Waals surface area contributed by atoms with Crippen molar-refractivity contribution in [2.45, 2.75) is 20.1 Å². The van der Waals surface area contributed by atoms with Crippen LogP contribution in [0.3, 0.4) is 0 Å². The SMILES string of the molecule is CCOC(=O)c1cc2c(C)c(C3OCCO3)ccc2[nH]1. The highest BCUT2D eigenvalue weighted by Crippen LogP contribution is 2.31. The molecule has 2 aromatic rings. The zero-order valence-corrected chi connectivity index (χ0v) is 11.6. The highest BCUT2D eigenvalue weighted by molar-refractivity contribution is 5.96. The average Bonchev–Trinajstić information content (AvgIpc) is 3.08.